The lowest BCUT2D eigenvalue weighted by atomic mass is 10.1. The minimum absolute atomic E-state index is 0.221. The monoisotopic (exact) mass is 377 g/mol. The molecule has 0 spiro atoms. The number of hydrogen-bond acceptors (Lipinski definition) is 5. The number of fused-ring (bicyclic) bond motifs is 1. The fourth-order valence-corrected chi connectivity index (χ4v) is 3.37. The molecule has 0 saturated carbocycles. The van der Waals surface area contributed by atoms with Gasteiger partial charge in [-0.2, -0.15) is 0 Å². The molecule has 3 aromatic rings. The second-order valence-electron chi connectivity index (χ2n) is 7.24. The Morgan fingerprint density at radius 2 is 2.04 bits per heavy atom. The van der Waals surface area contributed by atoms with Crippen molar-refractivity contribution in [2.75, 3.05) is 25.1 Å². The van der Waals surface area contributed by atoms with Gasteiger partial charge >= 0.3 is 6.03 Å². The summed E-state index contributed by atoms with van der Waals surface area (Å²) in [7, 11) is 4.09. The number of furan rings is 1. The van der Waals surface area contributed by atoms with Crippen LogP contribution in [0.25, 0.3) is 11.5 Å². The first-order valence-corrected chi connectivity index (χ1v) is 9.11. The Labute approximate surface area is 163 Å². The molecule has 1 aromatic carbocycles. The normalized spacial score (nSPS) is 13.0. The number of aromatic nitrogens is 1. The van der Waals surface area contributed by atoms with Crippen molar-refractivity contribution >= 4 is 17.5 Å². The van der Waals surface area contributed by atoms with E-state index in [0.717, 1.165) is 6.54 Å². The summed E-state index contributed by atoms with van der Waals surface area (Å²) in [6.45, 7) is 2.01. The van der Waals surface area contributed by atoms with E-state index in [9.17, 15) is 4.79 Å². The van der Waals surface area contributed by atoms with E-state index in [2.05, 4.69) is 33.4 Å². The third-order valence-corrected chi connectivity index (χ3v) is 4.70. The number of benzene rings is 1. The lowest BCUT2D eigenvalue weighted by molar-refractivity contribution is 0.212. The third kappa shape index (κ3) is 3.70. The predicted molar refractivity (Wildman–Crippen MR) is 108 cm³/mol. The average molecular weight is 377 g/mol. The zero-order chi connectivity index (χ0) is 19.7. The smallest absolute Gasteiger partial charge is 0.323 e. The molecular weight excluding hydrogens is 354 g/mol. The summed E-state index contributed by atoms with van der Waals surface area (Å²) in [6.07, 6.45) is 1.58. The Morgan fingerprint density at radius 1 is 1.21 bits per heavy atom. The van der Waals surface area contributed by atoms with Crippen molar-refractivity contribution < 1.29 is 9.21 Å². The highest BCUT2D eigenvalue weighted by molar-refractivity contribution is 5.92. The van der Waals surface area contributed by atoms with Crippen LogP contribution in [0.1, 0.15) is 16.7 Å². The van der Waals surface area contributed by atoms with Crippen LogP contribution < -0.4 is 11.1 Å². The fourth-order valence-electron chi connectivity index (χ4n) is 3.37. The summed E-state index contributed by atoms with van der Waals surface area (Å²) in [5, 5.41) is 2.84. The molecular formula is C21H23N5O2. The molecule has 2 aromatic heterocycles. The van der Waals surface area contributed by atoms with Crippen LogP contribution in [0.2, 0.25) is 0 Å². The molecule has 7 heteroatoms. The quantitative estimate of drug-likeness (QED) is 0.726. The van der Waals surface area contributed by atoms with Gasteiger partial charge in [-0.05, 0) is 55.1 Å². The van der Waals surface area contributed by atoms with E-state index >= 15 is 0 Å². The number of nitrogens with two attached hydrogens (primary N) is 1. The minimum atomic E-state index is -0.221. The topological polar surface area (TPSA) is 87.6 Å². The molecule has 0 aliphatic carbocycles. The Morgan fingerprint density at radius 3 is 2.79 bits per heavy atom. The first kappa shape index (κ1) is 18.1. The average Bonchev–Trinajstić information content (AvgIpc) is 3.32. The number of anilines is 2. The maximum absolute atomic E-state index is 12.8. The molecule has 3 N–H and O–H groups in total. The van der Waals surface area contributed by atoms with Gasteiger partial charge in [0, 0.05) is 19.6 Å². The summed E-state index contributed by atoms with van der Waals surface area (Å²) in [5.41, 5.74) is 10.6. The van der Waals surface area contributed by atoms with Crippen molar-refractivity contribution in [3.8, 4) is 11.5 Å². The lowest BCUT2D eigenvalue weighted by Crippen LogP contribution is -2.30. The largest absolute Gasteiger partial charge is 0.463 e. The highest BCUT2D eigenvalue weighted by atomic mass is 16.3. The van der Waals surface area contributed by atoms with Gasteiger partial charge in [-0.25, -0.2) is 9.78 Å². The second kappa shape index (κ2) is 7.36. The summed E-state index contributed by atoms with van der Waals surface area (Å²) < 4.78 is 5.37. The number of nitrogens with zero attached hydrogens (tertiary/aromatic N) is 3. The van der Waals surface area contributed by atoms with Crippen molar-refractivity contribution in [2.24, 2.45) is 0 Å². The maximum Gasteiger partial charge on any atom is 0.323 e. The molecule has 4 rings (SSSR count). The number of carbonyl (C=O) groups excluding carboxylic acids is 1. The van der Waals surface area contributed by atoms with Gasteiger partial charge in [-0.1, -0.05) is 18.2 Å². The molecule has 3 heterocycles. The van der Waals surface area contributed by atoms with Gasteiger partial charge < -0.3 is 20.0 Å². The van der Waals surface area contributed by atoms with Crippen LogP contribution in [-0.2, 0) is 19.6 Å². The number of nitrogens with one attached hydrogen (secondary N) is 1. The van der Waals surface area contributed by atoms with E-state index in [4.69, 9.17) is 10.2 Å². The number of carbonyl (C=O) groups is 1. The number of urea groups is 1. The van der Waals surface area contributed by atoms with Crippen molar-refractivity contribution in [3.63, 3.8) is 0 Å². The Balaban J connectivity index is 1.48. The highest BCUT2D eigenvalue weighted by Crippen LogP contribution is 2.27. The number of pyridine rings is 1. The SMILES string of the molecule is CN(C)Cc1ccc2c(c1)CN(C(=O)Nc1nc(-c3ccco3)ccc1N)C2. The van der Waals surface area contributed by atoms with Gasteiger partial charge in [-0.15, -0.1) is 0 Å². The predicted octanol–water partition coefficient (Wildman–Crippen LogP) is 3.53. The highest BCUT2D eigenvalue weighted by Gasteiger charge is 2.24. The standard InChI is InChI=1S/C21H23N5O2/c1-25(2)11-14-5-6-15-12-26(13-16(15)10-14)21(27)24-20-17(22)7-8-18(23-20)19-4-3-9-28-19/h3-10H,11-13,22H2,1-2H3,(H,23,24,27). The molecule has 28 heavy (non-hydrogen) atoms. The van der Waals surface area contributed by atoms with Crippen LogP contribution in [0.4, 0.5) is 16.3 Å². The first-order valence-electron chi connectivity index (χ1n) is 9.11. The Hall–Kier alpha value is -3.32. The van der Waals surface area contributed by atoms with E-state index in [1.54, 1.807) is 29.4 Å². The van der Waals surface area contributed by atoms with Gasteiger partial charge in [0.2, 0.25) is 0 Å². The zero-order valence-corrected chi connectivity index (χ0v) is 16.0. The van der Waals surface area contributed by atoms with Gasteiger partial charge in [0.1, 0.15) is 5.69 Å². The third-order valence-electron chi connectivity index (χ3n) is 4.70. The molecule has 0 bridgehead atoms. The number of amides is 2. The fraction of sp³-hybridized carbons (Fsp3) is 0.238. The number of rotatable bonds is 4. The molecule has 144 valence electrons. The van der Waals surface area contributed by atoms with Crippen molar-refractivity contribution in [2.45, 2.75) is 19.6 Å². The van der Waals surface area contributed by atoms with Gasteiger partial charge in [0.15, 0.2) is 11.6 Å². The molecule has 1 aliphatic rings. The lowest BCUT2D eigenvalue weighted by Gasteiger charge is -2.17. The van der Waals surface area contributed by atoms with Crippen LogP contribution in [-0.4, -0.2) is 34.9 Å². The van der Waals surface area contributed by atoms with E-state index in [1.165, 1.54) is 16.7 Å². The minimum Gasteiger partial charge on any atom is -0.463 e. The van der Waals surface area contributed by atoms with Crippen LogP contribution >= 0.6 is 0 Å². The first-order chi connectivity index (χ1) is 13.5. The van der Waals surface area contributed by atoms with Crippen LogP contribution in [0.5, 0.6) is 0 Å². The van der Waals surface area contributed by atoms with E-state index in [-0.39, 0.29) is 6.03 Å². The molecule has 2 amide bonds. The molecule has 0 fully saturated rings. The van der Waals surface area contributed by atoms with E-state index < -0.39 is 0 Å². The summed E-state index contributed by atoms with van der Waals surface area (Å²) >= 11 is 0. The molecule has 1 aliphatic heterocycles. The Bertz CT molecular complexity index is 998. The second-order valence-corrected chi connectivity index (χ2v) is 7.24. The van der Waals surface area contributed by atoms with Crippen molar-refractivity contribution in [3.05, 3.63) is 65.4 Å². The maximum atomic E-state index is 12.8. The molecule has 0 atom stereocenters. The van der Waals surface area contributed by atoms with Crippen LogP contribution in [0, 0.1) is 0 Å². The van der Waals surface area contributed by atoms with Gasteiger partial charge in [-0.3, -0.25) is 5.32 Å². The summed E-state index contributed by atoms with van der Waals surface area (Å²) in [6, 6.07) is 13.3. The van der Waals surface area contributed by atoms with E-state index in [0.29, 0.717) is 36.0 Å². The summed E-state index contributed by atoms with van der Waals surface area (Å²) in [4.78, 5) is 21.1. The number of nitrogen functional groups attached to an aromatic ring is 1. The van der Waals surface area contributed by atoms with E-state index in [1.807, 2.05) is 20.2 Å². The number of hydrogen-bond donors (Lipinski definition) is 2. The molecule has 0 saturated heterocycles. The van der Waals surface area contributed by atoms with Crippen molar-refractivity contribution in [1.29, 1.82) is 0 Å². The molecule has 0 unspecified atom stereocenters. The van der Waals surface area contributed by atoms with Crippen LogP contribution in [0.15, 0.2) is 53.1 Å². The molecule has 0 radical (unpaired) electrons. The van der Waals surface area contributed by atoms with Gasteiger partial charge in [0.25, 0.3) is 0 Å². The van der Waals surface area contributed by atoms with Crippen LogP contribution in [0.3, 0.4) is 0 Å². The summed E-state index contributed by atoms with van der Waals surface area (Å²) in [5.74, 6) is 0.959. The zero-order valence-electron chi connectivity index (χ0n) is 16.0. The molecule has 7 nitrogen and oxygen atoms in total. The van der Waals surface area contributed by atoms with Gasteiger partial charge in [0.05, 0.1) is 12.0 Å². The Kier molecular flexibility index (Phi) is 4.75. The van der Waals surface area contributed by atoms with Crippen molar-refractivity contribution in [1.82, 2.24) is 14.8 Å².